The Bertz CT molecular complexity index is 901. The molecule has 0 unspecified atom stereocenters. The SMILES string of the molecule is C1C[NH2+]CC[NH2+]1.O.O.O=C([O-])c1cc(-c2ccc(C(=O)O)c(C(=O)[O-])c2)ccc1C(=O)O. The predicted molar refractivity (Wildman–Crippen MR) is 105 cm³/mol. The average Bonchev–Trinajstić information content (AvgIpc) is 2.74. The molecule has 0 aromatic heterocycles. The van der Waals surface area contributed by atoms with Gasteiger partial charge in [0.05, 0.1) is 23.1 Å². The van der Waals surface area contributed by atoms with Crippen molar-refractivity contribution in [2.24, 2.45) is 0 Å². The summed E-state index contributed by atoms with van der Waals surface area (Å²) in [6.07, 6.45) is 0. The van der Waals surface area contributed by atoms with E-state index in [4.69, 9.17) is 10.2 Å². The maximum absolute atomic E-state index is 11.1. The molecule has 2 aromatic carbocycles. The van der Waals surface area contributed by atoms with Gasteiger partial charge in [0.15, 0.2) is 0 Å². The normalized spacial score (nSPS) is 12.1. The molecule has 0 saturated carbocycles. The van der Waals surface area contributed by atoms with Gasteiger partial charge in [-0.25, -0.2) is 9.59 Å². The average molecular weight is 452 g/mol. The van der Waals surface area contributed by atoms with E-state index >= 15 is 0 Å². The second kappa shape index (κ2) is 12.8. The van der Waals surface area contributed by atoms with Crippen molar-refractivity contribution in [2.75, 3.05) is 26.2 Å². The molecular formula is C20H24N2O10. The first kappa shape index (κ1) is 28.2. The van der Waals surface area contributed by atoms with E-state index in [2.05, 4.69) is 10.6 Å². The van der Waals surface area contributed by atoms with Crippen LogP contribution in [-0.2, 0) is 0 Å². The minimum absolute atomic E-state index is 0. The van der Waals surface area contributed by atoms with Gasteiger partial charge < -0.3 is 51.6 Å². The lowest BCUT2D eigenvalue weighted by atomic mass is 9.96. The molecule has 0 amide bonds. The van der Waals surface area contributed by atoms with Gasteiger partial charge in [-0.2, -0.15) is 0 Å². The van der Waals surface area contributed by atoms with Crippen LogP contribution in [-0.4, -0.2) is 71.2 Å². The molecule has 1 saturated heterocycles. The summed E-state index contributed by atoms with van der Waals surface area (Å²) in [6.45, 7) is 5.28. The summed E-state index contributed by atoms with van der Waals surface area (Å²) < 4.78 is 0. The smallest absolute Gasteiger partial charge is 0.336 e. The highest BCUT2D eigenvalue weighted by molar-refractivity contribution is 6.03. The molecule has 1 heterocycles. The molecular weight excluding hydrogens is 428 g/mol. The van der Waals surface area contributed by atoms with E-state index in [0.717, 1.165) is 24.3 Å². The number of hydrogen-bond acceptors (Lipinski definition) is 6. The van der Waals surface area contributed by atoms with Crippen LogP contribution in [0.25, 0.3) is 11.1 Å². The van der Waals surface area contributed by atoms with Crippen LogP contribution in [0.1, 0.15) is 41.4 Å². The van der Waals surface area contributed by atoms with Gasteiger partial charge in [0, 0.05) is 11.1 Å². The van der Waals surface area contributed by atoms with Crippen molar-refractivity contribution in [1.29, 1.82) is 0 Å². The standard InChI is InChI=1S/C16H10O8.C4H10N2.2H2O/c17-13(18)9-3-1-7(5-11(9)15(21)22)8-2-4-10(14(19)20)12(6-8)16(23)24;1-2-6-4-3-5-1;;/h1-6H,(H,17,18)(H,19,20)(H,21,22)(H,23,24);5-6H,1-4H2;2*1H2. The van der Waals surface area contributed by atoms with Crippen molar-refractivity contribution in [3.63, 3.8) is 0 Å². The molecule has 1 fully saturated rings. The summed E-state index contributed by atoms with van der Waals surface area (Å²) in [7, 11) is 0. The minimum Gasteiger partial charge on any atom is -0.545 e. The van der Waals surface area contributed by atoms with E-state index in [-0.39, 0.29) is 22.1 Å². The van der Waals surface area contributed by atoms with E-state index in [0.29, 0.717) is 0 Å². The van der Waals surface area contributed by atoms with Crippen LogP contribution < -0.4 is 20.8 Å². The van der Waals surface area contributed by atoms with Crippen molar-refractivity contribution in [2.45, 2.75) is 0 Å². The fourth-order valence-electron chi connectivity index (χ4n) is 2.92. The summed E-state index contributed by atoms with van der Waals surface area (Å²) >= 11 is 0. The van der Waals surface area contributed by atoms with Crippen LogP contribution in [0.15, 0.2) is 36.4 Å². The Balaban J connectivity index is 0.00000104. The number of carbonyl (C=O) groups is 4. The van der Waals surface area contributed by atoms with Gasteiger partial charge in [-0.15, -0.1) is 0 Å². The molecule has 0 aliphatic carbocycles. The first-order chi connectivity index (χ1) is 14.2. The highest BCUT2D eigenvalue weighted by Gasteiger charge is 2.15. The van der Waals surface area contributed by atoms with E-state index < -0.39 is 46.1 Å². The Labute approximate surface area is 181 Å². The Kier molecular flexibility index (Phi) is 11.2. The molecule has 0 atom stereocenters. The number of aromatic carboxylic acids is 4. The summed E-state index contributed by atoms with van der Waals surface area (Å²) in [6, 6.07) is 6.62. The lowest BCUT2D eigenvalue weighted by Gasteiger charge is -2.13. The molecule has 32 heavy (non-hydrogen) atoms. The molecule has 2 aromatic rings. The van der Waals surface area contributed by atoms with Gasteiger partial charge >= 0.3 is 11.9 Å². The number of carboxylic acid groups (broad SMARTS) is 4. The van der Waals surface area contributed by atoms with E-state index in [9.17, 15) is 29.4 Å². The number of hydrogen-bond donors (Lipinski definition) is 4. The lowest BCUT2D eigenvalue weighted by Crippen LogP contribution is -3.04. The number of nitrogens with two attached hydrogens (primary N) is 2. The topological polar surface area (TPSA) is 251 Å². The first-order valence-corrected chi connectivity index (χ1v) is 9.03. The summed E-state index contributed by atoms with van der Waals surface area (Å²) in [5, 5.41) is 44.8. The molecule has 12 heteroatoms. The van der Waals surface area contributed by atoms with Gasteiger partial charge in [-0.3, -0.25) is 0 Å². The van der Waals surface area contributed by atoms with E-state index in [1.54, 1.807) is 0 Å². The molecule has 0 spiro atoms. The van der Waals surface area contributed by atoms with Crippen molar-refractivity contribution in [3.8, 4) is 11.1 Å². The number of carbonyl (C=O) groups excluding carboxylic acids is 2. The zero-order valence-electron chi connectivity index (χ0n) is 16.8. The Hall–Kier alpha value is -3.84. The van der Waals surface area contributed by atoms with Crippen molar-refractivity contribution >= 4 is 23.9 Å². The van der Waals surface area contributed by atoms with E-state index in [1.165, 1.54) is 38.3 Å². The molecule has 0 radical (unpaired) electrons. The molecule has 0 bridgehead atoms. The Morgan fingerprint density at radius 2 is 0.938 bits per heavy atom. The third-order valence-electron chi connectivity index (χ3n) is 4.42. The molecule has 10 N–H and O–H groups in total. The molecule has 174 valence electrons. The summed E-state index contributed by atoms with van der Waals surface area (Å²) in [4.78, 5) is 44.1. The highest BCUT2D eigenvalue weighted by atomic mass is 16.4. The van der Waals surface area contributed by atoms with Crippen molar-refractivity contribution in [1.82, 2.24) is 0 Å². The largest absolute Gasteiger partial charge is 0.545 e. The highest BCUT2D eigenvalue weighted by Crippen LogP contribution is 2.25. The van der Waals surface area contributed by atoms with Crippen LogP contribution in [0, 0.1) is 0 Å². The van der Waals surface area contributed by atoms with Crippen LogP contribution >= 0.6 is 0 Å². The van der Waals surface area contributed by atoms with Gasteiger partial charge in [0.1, 0.15) is 26.2 Å². The van der Waals surface area contributed by atoms with Gasteiger partial charge in [0.2, 0.25) is 0 Å². The maximum Gasteiger partial charge on any atom is 0.336 e. The lowest BCUT2D eigenvalue weighted by molar-refractivity contribution is -0.787. The first-order valence-electron chi connectivity index (χ1n) is 9.03. The second-order valence-corrected chi connectivity index (χ2v) is 6.44. The van der Waals surface area contributed by atoms with Crippen LogP contribution in [0.3, 0.4) is 0 Å². The van der Waals surface area contributed by atoms with Gasteiger partial charge in [-0.1, -0.05) is 12.1 Å². The monoisotopic (exact) mass is 452 g/mol. The summed E-state index contributed by atoms with van der Waals surface area (Å²) in [5.41, 5.74) is -1.78. The van der Waals surface area contributed by atoms with Crippen molar-refractivity contribution in [3.05, 3.63) is 58.7 Å². The fraction of sp³-hybridized carbons (Fsp3) is 0.200. The Morgan fingerprint density at radius 3 is 1.16 bits per heavy atom. The molecule has 3 rings (SSSR count). The molecule has 1 aliphatic heterocycles. The second-order valence-electron chi connectivity index (χ2n) is 6.44. The third kappa shape index (κ3) is 7.14. The van der Waals surface area contributed by atoms with Crippen LogP contribution in [0.4, 0.5) is 0 Å². The van der Waals surface area contributed by atoms with Crippen LogP contribution in [0.2, 0.25) is 0 Å². The van der Waals surface area contributed by atoms with E-state index in [1.807, 2.05) is 0 Å². The number of carboxylic acids is 4. The zero-order valence-corrected chi connectivity index (χ0v) is 16.8. The molecule has 12 nitrogen and oxygen atoms in total. The number of rotatable bonds is 5. The zero-order chi connectivity index (χ0) is 22.3. The number of benzene rings is 2. The summed E-state index contributed by atoms with van der Waals surface area (Å²) in [5.74, 6) is -6.34. The van der Waals surface area contributed by atoms with Crippen molar-refractivity contribution < 1.29 is 61.2 Å². The van der Waals surface area contributed by atoms with Crippen LogP contribution in [0.5, 0.6) is 0 Å². The van der Waals surface area contributed by atoms with Gasteiger partial charge in [-0.05, 0) is 35.4 Å². The number of piperazine rings is 1. The minimum atomic E-state index is -1.71. The maximum atomic E-state index is 11.1. The number of quaternary nitrogens is 2. The fourth-order valence-corrected chi connectivity index (χ4v) is 2.92. The van der Waals surface area contributed by atoms with Gasteiger partial charge in [0.25, 0.3) is 0 Å². The third-order valence-corrected chi connectivity index (χ3v) is 4.42. The predicted octanol–water partition coefficient (Wildman–Crippen LogP) is -5.05. The Morgan fingerprint density at radius 1 is 0.625 bits per heavy atom. The molecule has 1 aliphatic rings. The quantitative estimate of drug-likeness (QED) is 0.340.